The average Bonchev–Trinajstić information content (AvgIpc) is 2.87. The minimum absolute atomic E-state index is 0.0743. The van der Waals surface area contributed by atoms with Crippen molar-refractivity contribution in [3.05, 3.63) is 44.7 Å². The van der Waals surface area contributed by atoms with Crippen LogP contribution in [0.15, 0.2) is 24.5 Å². The van der Waals surface area contributed by atoms with Gasteiger partial charge in [0.2, 0.25) is 11.6 Å². The van der Waals surface area contributed by atoms with Crippen molar-refractivity contribution in [1.82, 2.24) is 9.97 Å². The van der Waals surface area contributed by atoms with E-state index in [-0.39, 0.29) is 28.4 Å². The standard InChI is InChI=1S/C17H19Cl2N5O2/c18-12-8-5-9-13(14(12)19)23-17-15(24(25)26)16(20-10-21-17)22-11-6-3-1-2-4-7-11/h5,8-11H,1-4,6-7H2,(H2,20,21,22,23). The molecule has 0 aliphatic heterocycles. The molecule has 7 nitrogen and oxygen atoms in total. The molecule has 0 amide bonds. The van der Waals surface area contributed by atoms with Gasteiger partial charge in [0.15, 0.2) is 0 Å². The van der Waals surface area contributed by atoms with Gasteiger partial charge in [-0.15, -0.1) is 0 Å². The molecule has 2 aromatic rings. The average molecular weight is 396 g/mol. The van der Waals surface area contributed by atoms with Crippen molar-refractivity contribution in [2.75, 3.05) is 10.6 Å². The number of halogens is 2. The first-order chi connectivity index (χ1) is 12.6. The Bertz CT molecular complexity index is 795. The Labute approximate surface area is 161 Å². The zero-order valence-corrected chi connectivity index (χ0v) is 15.6. The van der Waals surface area contributed by atoms with E-state index >= 15 is 0 Å². The van der Waals surface area contributed by atoms with Gasteiger partial charge in [-0.1, -0.05) is 55.0 Å². The zero-order chi connectivity index (χ0) is 18.5. The molecule has 0 radical (unpaired) electrons. The second-order valence-corrected chi connectivity index (χ2v) is 7.02. The van der Waals surface area contributed by atoms with Gasteiger partial charge in [-0.05, 0) is 25.0 Å². The van der Waals surface area contributed by atoms with E-state index in [4.69, 9.17) is 23.2 Å². The van der Waals surface area contributed by atoms with E-state index in [9.17, 15) is 10.1 Å². The molecule has 1 fully saturated rings. The minimum Gasteiger partial charge on any atom is -0.361 e. The van der Waals surface area contributed by atoms with E-state index in [2.05, 4.69) is 20.6 Å². The fraction of sp³-hybridized carbons (Fsp3) is 0.412. The lowest BCUT2D eigenvalue weighted by atomic mass is 10.1. The Morgan fingerprint density at radius 1 is 1.08 bits per heavy atom. The van der Waals surface area contributed by atoms with Crippen LogP contribution in [0.2, 0.25) is 10.0 Å². The monoisotopic (exact) mass is 395 g/mol. The third-order valence-electron chi connectivity index (χ3n) is 4.41. The highest BCUT2D eigenvalue weighted by molar-refractivity contribution is 6.43. The van der Waals surface area contributed by atoms with Crippen LogP contribution >= 0.6 is 23.2 Å². The summed E-state index contributed by atoms with van der Waals surface area (Å²) in [7, 11) is 0. The first-order valence-corrected chi connectivity index (χ1v) is 9.29. The molecule has 0 atom stereocenters. The van der Waals surface area contributed by atoms with Crippen LogP contribution in [0.1, 0.15) is 38.5 Å². The SMILES string of the molecule is O=[N+]([O-])c1c(Nc2cccc(Cl)c2Cl)ncnc1NC1CCCCCC1. The van der Waals surface area contributed by atoms with E-state index in [0.717, 1.165) is 25.7 Å². The van der Waals surface area contributed by atoms with Crippen molar-refractivity contribution >= 4 is 46.2 Å². The molecule has 0 unspecified atom stereocenters. The molecule has 1 aliphatic rings. The molecule has 0 bridgehead atoms. The lowest BCUT2D eigenvalue weighted by Crippen LogP contribution is -2.20. The van der Waals surface area contributed by atoms with Gasteiger partial charge in [0, 0.05) is 6.04 Å². The van der Waals surface area contributed by atoms with E-state index in [0.29, 0.717) is 10.7 Å². The highest BCUT2D eigenvalue weighted by Gasteiger charge is 2.26. The van der Waals surface area contributed by atoms with Gasteiger partial charge in [0.1, 0.15) is 6.33 Å². The largest absolute Gasteiger partial charge is 0.361 e. The fourth-order valence-corrected chi connectivity index (χ4v) is 3.44. The molecule has 0 saturated heterocycles. The van der Waals surface area contributed by atoms with Crippen molar-refractivity contribution in [3.8, 4) is 0 Å². The van der Waals surface area contributed by atoms with Gasteiger partial charge in [-0.25, -0.2) is 9.97 Å². The van der Waals surface area contributed by atoms with E-state index in [1.54, 1.807) is 18.2 Å². The third-order valence-corrected chi connectivity index (χ3v) is 5.22. The van der Waals surface area contributed by atoms with Crippen LogP contribution in [0.25, 0.3) is 0 Å². The Kier molecular flexibility index (Phi) is 6.11. The number of hydrogen-bond acceptors (Lipinski definition) is 6. The van der Waals surface area contributed by atoms with Crippen molar-refractivity contribution in [1.29, 1.82) is 0 Å². The molecular formula is C17H19Cl2N5O2. The van der Waals surface area contributed by atoms with Crippen LogP contribution in [0, 0.1) is 10.1 Å². The summed E-state index contributed by atoms with van der Waals surface area (Å²) >= 11 is 12.2. The molecular weight excluding hydrogens is 377 g/mol. The number of benzene rings is 1. The first kappa shape index (κ1) is 18.7. The van der Waals surface area contributed by atoms with Gasteiger partial charge in [-0.3, -0.25) is 10.1 Å². The molecule has 3 rings (SSSR count). The second-order valence-electron chi connectivity index (χ2n) is 6.24. The summed E-state index contributed by atoms with van der Waals surface area (Å²) in [6, 6.07) is 5.20. The summed E-state index contributed by atoms with van der Waals surface area (Å²) in [6.07, 6.45) is 7.87. The molecule has 1 saturated carbocycles. The van der Waals surface area contributed by atoms with Crippen LogP contribution in [0.4, 0.5) is 23.0 Å². The number of nitrogens with zero attached hydrogens (tertiary/aromatic N) is 3. The molecule has 1 aromatic heterocycles. The highest BCUT2D eigenvalue weighted by atomic mass is 35.5. The van der Waals surface area contributed by atoms with Crippen molar-refractivity contribution in [3.63, 3.8) is 0 Å². The number of aromatic nitrogens is 2. The Morgan fingerprint density at radius 3 is 2.46 bits per heavy atom. The molecule has 9 heteroatoms. The molecule has 1 heterocycles. The second kappa shape index (κ2) is 8.51. The van der Waals surface area contributed by atoms with Crippen LogP contribution in [-0.4, -0.2) is 20.9 Å². The Morgan fingerprint density at radius 2 is 1.77 bits per heavy atom. The van der Waals surface area contributed by atoms with Gasteiger partial charge in [-0.2, -0.15) is 0 Å². The van der Waals surface area contributed by atoms with Gasteiger partial charge >= 0.3 is 5.69 Å². The Balaban J connectivity index is 1.90. The molecule has 26 heavy (non-hydrogen) atoms. The van der Waals surface area contributed by atoms with Crippen LogP contribution < -0.4 is 10.6 Å². The van der Waals surface area contributed by atoms with Crippen molar-refractivity contribution < 1.29 is 4.92 Å². The van der Waals surface area contributed by atoms with Gasteiger partial charge in [0.25, 0.3) is 0 Å². The maximum atomic E-state index is 11.7. The normalized spacial score (nSPS) is 15.3. The molecule has 2 N–H and O–H groups in total. The van der Waals surface area contributed by atoms with E-state index < -0.39 is 4.92 Å². The quantitative estimate of drug-likeness (QED) is 0.390. The maximum absolute atomic E-state index is 11.7. The maximum Gasteiger partial charge on any atom is 0.353 e. The summed E-state index contributed by atoms with van der Waals surface area (Å²) < 4.78 is 0. The van der Waals surface area contributed by atoms with Crippen LogP contribution in [-0.2, 0) is 0 Å². The third kappa shape index (κ3) is 4.34. The first-order valence-electron chi connectivity index (χ1n) is 8.53. The van der Waals surface area contributed by atoms with Gasteiger partial charge in [0.05, 0.1) is 20.7 Å². The zero-order valence-electron chi connectivity index (χ0n) is 14.0. The van der Waals surface area contributed by atoms with E-state index in [1.807, 2.05) is 0 Å². The Hall–Kier alpha value is -2.12. The molecule has 0 spiro atoms. The van der Waals surface area contributed by atoms with Crippen molar-refractivity contribution in [2.24, 2.45) is 0 Å². The number of nitro groups is 1. The highest BCUT2D eigenvalue weighted by Crippen LogP contribution is 2.36. The predicted octanol–water partition coefficient (Wildman–Crippen LogP) is 5.57. The number of hydrogen-bond donors (Lipinski definition) is 2. The summed E-state index contributed by atoms with van der Waals surface area (Å²) in [5.74, 6) is 0.294. The predicted molar refractivity (Wildman–Crippen MR) is 104 cm³/mol. The lowest BCUT2D eigenvalue weighted by Gasteiger charge is -2.17. The van der Waals surface area contributed by atoms with Crippen molar-refractivity contribution in [2.45, 2.75) is 44.6 Å². The number of rotatable bonds is 5. The summed E-state index contributed by atoms with van der Waals surface area (Å²) in [4.78, 5) is 19.3. The molecule has 1 aromatic carbocycles. The smallest absolute Gasteiger partial charge is 0.353 e. The fourth-order valence-electron chi connectivity index (χ4n) is 3.09. The number of anilines is 3. The summed E-state index contributed by atoms with van der Waals surface area (Å²) in [6.45, 7) is 0. The van der Waals surface area contributed by atoms with Crippen LogP contribution in [0.3, 0.4) is 0 Å². The van der Waals surface area contributed by atoms with E-state index in [1.165, 1.54) is 19.2 Å². The topological polar surface area (TPSA) is 93.0 Å². The molecule has 1 aliphatic carbocycles. The lowest BCUT2D eigenvalue weighted by molar-refractivity contribution is -0.383. The summed E-state index contributed by atoms with van der Waals surface area (Å²) in [5.41, 5.74) is 0.245. The van der Waals surface area contributed by atoms with Gasteiger partial charge < -0.3 is 10.6 Å². The minimum atomic E-state index is -0.486. The molecule has 138 valence electrons. The van der Waals surface area contributed by atoms with Crippen LogP contribution in [0.5, 0.6) is 0 Å². The summed E-state index contributed by atoms with van der Waals surface area (Å²) in [5, 5.41) is 18.4. The number of nitrogens with one attached hydrogen (secondary N) is 2.